The van der Waals surface area contributed by atoms with Gasteiger partial charge < -0.3 is 11.1 Å². The minimum atomic E-state index is 0.419. The van der Waals surface area contributed by atoms with Gasteiger partial charge in [0.15, 0.2) is 0 Å². The van der Waals surface area contributed by atoms with E-state index in [1.54, 1.807) is 0 Å². The lowest BCUT2D eigenvalue weighted by molar-refractivity contribution is 0.227. The van der Waals surface area contributed by atoms with E-state index in [-0.39, 0.29) is 0 Å². The van der Waals surface area contributed by atoms with Crippen molar-refractivity contribution in [2.24, 2.45) is 11.1 Å². The van der Waals surface area contributed by atoms with E-state index in [0.717, 1.165) is 12.6 Å². The van der Waals surface area contributed by atoms with Gasteiger partial charge in [0, 0.05) is 12.6 Å². The zero-order chi connectivity index (χ0) is 12.7. The van der Waals surface area contributed by atoms with Crippen LogP contribution in [0.5, 0.6) is 0 Å². The second-order valence-electron chi connectivity index (χ2n) is 6.69. The molecule has 0 atom stereocenters. The second-order valence-corrected chi connectivity index (χ2v) is 6.69. The summed E-state index contributed by atoms with van der Waals surface area (Å²) in [7, 11) is 0. The quantitative estimate of drug-likeness (QED) is 0.750. The van der Waals surface area contributed by atoms with Crippen molar-refractivity contribution in [2.45, 2.75) is 83.1 Å². The smallest absolute Gasteiger partial charge is 0.00673 e. The molecule has 0 aromatic heterocycles. The molecule has 2 nitrogen and oxygen atoms in total. The van der Waals surface area contributed by atoms with Crippen molar-refractivity contribution in [1.82, 2.24) is 5.32 Å². The Morgan fingerprint density at radius 2 is 1.39 bits per heavy atom. The third kappa shape index (κ3) is 4.24. The molecule has 0 bridgehead atoms. The van der Waals surface area contributed by atoms with Gasteiger partial charge in [-0.1, -0.05) is 51.4 Å². The molecule has 0 heterocycles. The van der Waals surface area contributed by atoms with Gasteiger partial charge >= 0.3 is 0 Å². The summed E-state index contributed by atoms with van der Waals surface area (Å²) in [5, 5.41) is 3.87. The predicted octanol–water partition coefficient (Wildman–Crippen LogP) is 3.60. The second kappa shape index (κ2) is 7.49. The molecule has 2 aliphatic carbocycles. The molecule has 0 aromatic carbocycles. The molecule has 2 aliphatic rings. The highest BCUT2D eigenvalue weighted by Crippen LogP contribution is 2.34. The Labute approximate surface area is 113 Å². The standard InChI is InChI=1S/C16H32N2/c17-13-16(11-7-3-4-8-12-16)14-18-15-9-5-1-2-6-10-15/h15,18H,1-14,17H2. The van der Waals surface area contributed by atoms with Crippen molar-refractivity contribution in [1.29, 1.82) is 0 Å². The van der Waals surface area contributed by atoms with Crippen molar-refractivity contribution in [3.05, 3.63) is 0 Å². The fraction of sp³-hybridized carbons (Fsp3) is 1.00. The van der Waals surface area contributed by atoms with Gasteiger partial charge in [-0.25, -0.2) is 0 Å². The fourth-order valence-electron chi connectivity index (χ4n) is 3.78. The van der Waals surface area contributed by atoms with Crippen LogP contribution in [0.15, 0.2) is 0 Å². The number of hydrogen-bond acceptors (Lipinski definition) is 2. The zero-order valence-electron chi connectivity index (χ0n) is 12.1. The van der Waals surface area contributed by atoms with E-state index in [1.165, 1.54) is 83.6 Å². The largest absolute Gasteiger partial charge is 0.330 e. The number of hydrogen-bond donors (Lipinski definition) is 2. The van der Waals surface area contributed by atoms with Crippen molar-refractivity contribution in [2.75, 3.05) is 13.1 Å². The Bertz CT molecular complexity index is 211. The molecule has 0 spiro atoms. The Kier molecular flexibility index (Phi) is 5.97. The van der Waals surface area contributed by atoms with Gasteiger partial charge in [-0.05, 0) is 37.6 Å². The van der Waals surface area contributed by atoms with Gasteiger partial charge in [0.2, 0.25) is 0 Å². The molecule has 0 unspecified atom stereocenters. The highest BCUT2D eigenvalue weighted by molar-refractivity contribution is 4.86. The maximum atomic E-state index is 6.11. The fourth-order valence-corrected chi connectivity index (χ4v) is 3.78. The van der Waals surface area contributed by atoms with Crippen LogP contribution in [-0.2, 0) is 0 Å². The predicted molar refractivity (Wildman–Crippen MR) is 78.7 cm³/mol. The molecule has 0 aromatic rings. The lowest BCUT2D eigenvalue weighted by Gasteiger charge is -2.33. The Morgan fingerprint density at radius 1 is 0.833 bits per heavy atom. The first-order valence-electron chi connectivity index (χ1n) is 8.28. The Hall–Kier alpha value is -0.0800. The molecule has 0 saturated heterocycles. The van der Waals surface area contributed by atoms with E-state index in [0.29, 0.717) is 5.41 Å². The molecule has 2 fully saturated rings. The first-order chi connectivity index (χ1) is 8.85. The van der Waals surface area contributed by atoms with Crippen LogP contribution in [0.4, 0.5) is 0 Å². The lowest BCUT2D eigenvalue weighted by Crippen LogP contribution is -2.43. The Morgan fingerprint density at radius 3 is 1.94 bits per heavy atom. The molecule has 2 rings (SSSR count). The molecule has 18 heavy (non-hydrogen) atoms. The first kappa shape index (κ1) is 14.3. The summed E-state index contributed by atoms with van der Waals surface area (Å²) in [6, 6.07) is 0.777. The van der Waals surface area contributed by atoms with Crippen LogP contribution < -0.4 is 11.1 Å². The third-order valence-electron chi connectivity index (χ3n) is 5.22. The van der Waals surface area contributed by atoms with Crippen molar-refractivity contribution < 1.29 is 0 Å². The summed E-state index contributed by atoms with van der Waals surface area (Å²) in [5.41, 5.74) is 6.53. The van der Waals surface area contributed by atoms with E-state index in [4.69, 9.17) is 5.73 Å². The van der Waals surface area contributed by atoms with Crippen LogP contribution in [0.3, 0.4) is 0 Å². The highest BCUT2D eigenvalue weighted by atomic mass is 14.9. The first-order valence-corrected chi connectivity index (χ1v) is 8.28. The van der Waals surface area contributed by atoms with Gasteiger partial charge in [0.25, 0.3) is 0 Å². The van der Waals surface area contributed by atoms with Crippen LogP contribution in [0, 0.1) is 5.41 Å². The normalized spacial score (nSPS) is 26.5. The topological polar surface area (TPSA) is 38.0 Å². The van der Waals surface area contributed by atoms with Gasteiger partial charge in [-0.3, -0.25) is 0 Å². The number of nitrogens with one attached hydrogen (secondary N) is 1. The van der Waals surface area contributed by atoms with Crippen LogP contribution >= 0.6 is 0 Å². The van der Waals surface area contributed by atoms with E-state index in [9.17, 15) is 0 Å². The van der Waals surface area contributed by atoms with Gasteiger partial charge in [-0.15, -0.1) is 0 Å². The summed E-state index contributed by atoms with van der Waals surface area (Å²) in [6.45, 7) is 2.06. The van der Waals surface area contributed by atoms with Crippen LogP contribution in [-0.4, -0.2) is 19.1 Å². The average Bonchev–Trinajstić information content (AvgIpc) is 2.80. The number of rotatable bonds is 4. The van der Waals surface area contributed by atoms with E-state index in [1.807, 2.05) is 0 Å². The average molecular weight is 252 g/mol. The molecule has 106 valence electrons. The molecule has 2 heteroatoms. The van der Waals surface area contributed by atoms with Gasteiger partial charge in [0.05, 0.1) is 0 Å². The Balaban J connectivity index is 1.81. The molecule has 0 amide bonds. The summed E-state index contributed by atoms with van der Waals surface area (Å²) < 4.78 is 0. The van der Waals surface area contributed by atoms with E-state index < -0.39 is 0 Å². The van der Waals surface area contributed by atoms with Gasteiger partial charge in [-0.2, -0.15) is 0 Å². The minimum absolute atomic E-state index is 0.419. The summed E-state index contributed by atoms with van der Waals surface area (Å²) >= 11 is 0. The third-order valence-corrected chi connectivity index (χ3v) is 5.22. The van der Waals surface area contributed by atoms with E-state index >= 15 is 0 Å². The molecule has 0 aliphatic heterocycles. The molecular weight excluding hydrogens is 220 g/mol. The van der Waals surface area contributed by atoms with Crippen molar-refractivity contribution in [3.8, 4) is 0 Å². The monoisotopic (exact) mass is 252 g/mol. The van der Waals surface area contributed by atoms with Crippen LogP contribution in [0.2, 0.25) is 0 Å². The molecule has 0 radical (unpaired) electrons. The van der Waals surface area contributed by atoms with Crippen LogP contribution in [0.25, 0.3) is 0 Å². The molecular formula is C16H32N2. The summed E-state index contributed by atoms with van der Waals surface area (Å²) in [6.07, 6.45) is 16.8. The van der Waals surface area contributed by atoms with E-state index in [2.05, 4.69) is 5.32 Å². The zero-order valence-corrected chi connectivity index (χ0v) is 12.1. The number of nitrogens with two attached hydrogens (primary N) is 1. The van der Waals surface area contributed by atoms with Crippen LogP contribution in [0.1, 0.15) is 77.0 Å². The molecule has 2 saturated carbocycles. The SMILES string of the molecule is NCC1(CNC2CCCCCC2)CCCCCC1. The van der Waals surface area contributed by atoms with Gasteiger partial charge in [0.1, 0.15) is 0 Å². The lowest BCUT2D eigenvalue weighted by atomic mass is 9.80. The maximum absolute atomic E-state index is 6.11. The molecule has 3 N–H and O–H groups in total. The maximum Gasteiger partial charge on any atom is 0.00673 e. The highest BCUT2D eigenvalue weighted by Gasteiger charge is 2.30. The van der Waals surface area contributed by atoms with Crippen molar-refractivity contribution in [3.63, 3.8) is 0 Å². The summed E-state index contributed by atoms with van der Waals surface area (Å²) in [4.78, 5) is 0. The minimum Gasteiger partial charge on any atom is -0.330 e. The summed E-state index contributed by atoms with van der Waals surface area (Å²) in [5.74, 6) is 0. The van der Waals surface area contributed by atoms with Crippen molar-refractivity contribution >= 4 is 0 Å².